The molecule has 0 bridgehead atoms. The van der Waals surface area contributed by atoms with Gasteiger partial charge in [0.15, 0.2) is 17.2 Å². The van der Waals surface area contributed by atoms with Crippen molar-refractivity contribution in [2.24, 2.45) is 17.8 Å². The average molecular weight is 837 g/mol. The second-order valence-corrected chi connectivity index (χ2v) is 21.3. The van der Waals surface area contributed by atoms with Crippen LogP contribution < -0.4 is 0 Å². The maximum atomic E-state index is 11.7. The predicted octanol–water partition coefficient (Wildman–Crippen LogP) is 5.14. The number of fused-ring (bicyclic) bond motifs is 3. The summed E-state index contributed by atoms with van der Waals surface area (Å²) < 4.78 is 45.6. The molecule has 8 heterocycles. The van der Waals surface area contributed by atoms with E-state index in [0.717, 1.165) is 51.6 Å². The fourth-order valence-corrected chi connectivity index (χ4v) is 12.7. The van der Waals surface area contributed by atoms with Crippen LogP contribution in [0.2, 0.25) is 0 Å². The first-order chi connectivity index (χ1) is 27.4. The van der Waals surface area contributed by atoms with E-state index in [2.05, 4.69) is 46.4 Å². The fraction of sp³-hybridized carbons (Fsp3) is 0.886. The SMILES string of the molecule is C=C1[C@@H](O)[C@@H]2O[C@]3(CC[C@H](C=C[C@@H](C)[C@@H]4C[C@@]5(C)S[C@@H]5[C@]5(O[C@H](C[C@@](C)(O)C(=O)O)CC[C@H]5O)O4)O3)CC[C@H]2O[C@H]1[C@H](O)C[C@H](C)[C@H]1O[C@@]2(CCCCO2)CC[C@H]1C. The summed E-state index contributed by atoms with van der Waals surface area (Å²) >= 11 is 1.72. The third kappa shape index (κ3) is 8.25. The lowest BCUT2D eigenvalue weighted by atomic mass is 9.79. The molecular formula is C44H68O13S. The van der Waals surface area contributed by atoms with E-state index in [0.29, 0.717) is 50.0 Å². The summed E-state index contributed by atoms with van der Waals surface area (Å²) in [6.07, 6.45) is 8.13. The molecule has 0 saturated carbocycles. The van der Waals surface area contributed by atoms with E-state index >= 15 is 0 Å². The first kappa shape index (κ1) is 43.5. The minimum absolute atomic E-state index is 0.0406. The highest BCUT2D eigenvalue weighted by molar-refractivity contribution is 8.08. The van der Waals surface area contributed by atoms with Gasteiger partial charge < -0.3 is 58.7 Å². The largest absolute Gasteiger partial charge is 0.479 e. The van der Waals surface area contributed by atoms with E-state index in [1.165, 1.54) is 6.92 Å². The Labute approximate surface area is 347 Å². The van der Waals surface area contributed by atoms with E-state index in [1.807, 2.05) is 0 Å². The lowest BCUT2D eigenvalue weighted by Crippen LogP contribution is -2.63. The number of carbonyl (C=O) groups is 1. The van der Waals surface area contributed by atoms with Gasteiger partial charge in [-0.25, -0.2) is 4.79 Å². The average Bonchev–Trinajstić information content (AvgIpc) is 3.74. The van der Waals surface area contributed by atoms with Crippen LogP contribution in [0, 0.1) is 17.8 Å². The molecule has 8 aliphatic heterocycles. The van der Waals surface area contributed by atoms with Gasteiger partial charge in [-0.05, 0) is 89.0 Å². The third-order valence-corrected chi connectivity index (χ3v) is 16.7. The van der Waals surface area contributed by atoms with Crippen LogP contribution in [-0.2, 0) is 38.0 Å². The van der Waals surface area contributed by atoms with Crippen LogP contribution in [-0.4, -0.2) is 132 Å². The third-order valence-electron chi connectivity index (χ3n) is 14.9. The van der Waals surface area contributed by atoms with Gasteiger partial charge in [0.25, 0.3) is 0 Å². The van der Waals surface area contributed by atoms with Crippen molar-refractivity contribution in [3.63, 3.8) is 0 Å². The second-order valence-electron chi connectivity index (χ2n) is 19.7. The number of carboxylic acids is 1. The molecule has 0 aromatic rings. The van der Waals surface area contributed by atoms with Crippen molar-refractivity contribution >= 4 is 17.7 Å². The smallest absolute Gasteiger partial charge is 0.335 e. The van der Waals surface area contributed by atoms with Crippen LogP contribution in [0.3, 0.4) is 0 Å². The Morgan fingerprint density at radius 3 is 2.50 bits per heavy atom. The predicted molar refractivity (Wildman–Crippen MR) is 214 cm³/mol. The maximum Gasteiger partial charge on any atom is 0.335 e. The number of aliphatic carboxylic acids is 1. The van der Waals surface area contributed by atoms with Gasteiger partial charge in [-0.15, -0.1) is 11.8 Å². The molecule has 13 nitrogen and oxygen atoms in total. The molecule has 0 aliphatic carbocycles. The molecule has 8 fully saturated rings. The zero-order valence-corrected chi connectivity index (χ0v) is 35.8. The number of rotatable bonds is 10. The van der Waals surface area contributed by atoms with Crippen molar-refractivity contribution in [1.82, 2.24) is 0 Å². The Kier molecular flexibility index (Phi) is 12.2. The van der Waals surface area contributed by atoms with Gasteiger partial charge in [0.2, 0.25) is 5.79 Å². The summed E-state index contributed by atoms with van der Waals surface area (Å²) in [7, 11) is 0. The summed E-state index contributed by atoms with van der Waals surface area (Å²) in [6.45, 7) is 14.8. The number of aliphatic hydroxyl groups is 4. The number of ether oxygens (including phenoxy) is 7. The van der Waals surface area contributed by atoms with Crippen LogP contribution in [0.15, 0.2) is 24.3 Å². The highest BCUT2D eigenvalue weighted by Gasteiger charge is 2.72. The fourth-order valence-electron chi connectivity index (χ4n) is 11.3. The molecular weight excluding hydrogens is 769 g/mol. The lowest BCUT2D eigenvalue weighted by Gasteiger charge is -2.50. The van der Waals surface area contributed by atoms with Crippen molar-refractivity contribution in [1.29, 1.82) is 0 Å². The van der Waals surface area contributed by atoms with E-state index in [4.69, 9.17) is 33.2 Å². The normalized spacial score (nSPS) is 49.3. The van der Waals surface area contributed by atoms with Gasteiger partial charge >= 0.3 is 5.97 Å². The first-order valence-electron chi connectivity index (χ1n) is 22.1. The molecule has 0 aromatic heterocycles. The van der Waals surface area contributed by atoms with Crippen molar-refractivity contribution in [2.75, 3.05) is 6.61 Å². The van der Waals surface area contributed by atoms with Gasteiger partial charge in [-0.3, -0.25) is 0 Å². The van der Waals surface area contributed by atoms with Crippen LogP contribution >= 0.6 is 11.8 Å². The summed E-state index contributed by atoms with van der Waals surface area (Å²) in [5.41, 5.74) is -1.52. The van der Waals surface area contributed by atoms with Crippen molar-refractivity contribution in [3.8, 4) is 0 Å². The monoisotopic (exact) mass is 836 g/mol. The van der Waals surface area contributed by atoms with E-state index < -0.39 is 71.7 Å². The molecule has 0 unspecified atom stereocenters. The number of thioether (sulfide) groups is 1. The van der Waals surface area contributed by atoms with E-state index in [1.54, 1.807) is 11.8 Å². The Hall–Kier alpha value is -1.14. The Balaban J connectivity index is 0.852. The van der Waals surface area contributed by atoms with Crippen molar-refractivity contribution in [3.05, 3.63) is 24.3 Å². The quantitative estimate of drug-likeness (QED) is 0.144. The van der Waals surface area contributed by atoms with Gasteiger partial charge in [0.05, 0.1) is 48.5 Å². The zero-order chi connectivity index (χ0) is 41.4. The standard InChI is InChI=1S/C44H68O13S/c1-24(32-23-41(6)38(58-41)44(55-32)33(46)12-11-29(54-44)22-40(5,50)39(48)49)9-10-28-14-18-43(53-28)19-15-31-37(57-43)34(47)27(4)36(52-31)30(45)21-26(3)35-25(2)13-17-42(56-35)16-7-8-20-51-42/h9-10,24-26,28-38,45-47,50H,4,7-8,11-23H2,1-3,5-6H3,(H,48,49)/t24-,25-,26+,28+,29+,30-,31-,32+,33-,34-,35+,36-,37-,38+,40-,41-,42+,43-,44-/m1/s1. The molecule has 14 heteroatoms. The molecule has 328 valence electrons. The molecule has 3 spiro atoms. The minimum Gasteiger partial charge on any atom is -0.479 e. The Morgan fingerprint density at radius 2 is 1.76 bits per heavy atom. The van der Waals surface area contributed by atoms with Gasteiger partial charge in [0, 0.05) is 42.8 Å². The number of hydrogen-bond acceptors (Lipinski definition) is 13. The molecule has 0 radical (unpaired) electrons. The number of aliphatic hydroxyl groups excluding tert-OH is 3. The molecule has 8 rings (SSSR count). The molecule has 58 heavy (non-hydrogen) atoms. The minimum atomic E-state index is -1.95. The second kappa shape index (κ2) is 16.2. The van der Waals surface area contributed by atoms with E-state index in [-0.39, 0.29) is 46.6 Å². The van der Waals surface area contributed by atoms with Gasteiger partial charge in [-0.2, -0.15) is 0 Å². The number of carboxylic acid groups (broad SMARTS) is 1. The summed E-state index contributed by atoms with van der Waals surface area (Å²) in [5.74, 6) is -3.61. The van der Waals surface area contributed by atoms with Crippen LogP contribution in [0.25, 0.3) is 0 Å². The molecule has 5 N–H and O–H groups in total. The highest BCUT2D eigenvalue weighted by Crippen LogP contribution is 2.67. The molecule has 19 atom stereocenters. The van der Waals surface area contributed by atoms with Crippen LogP contribution in [0.5, 0.6) is 0 Å². The Bertz CT molecular complexity index is 1550. The summed E-state index contributed by atoms with van der Waals surface area (Å²) in [6, 6.07) is 0. The molecule has 8 aliphatic rings. The van der Waals surface area contributed by atoms with Gasteiger partial charge in [-0.1, -0.05) is 39.5 Å². The van der Waals surface area contributed by atoms with Crippen molar-refractivity contribution in [2.45, 2.75) is 219 Å². The van der Waals surface area contributed by atoms with E-state index in [9.17, 15) is 30.3 Å². The van der Waals surface area contributed by atoms with Crippen LogP contribution in [0.4, 0.5) is 0 Å². The first-order valence-corrected chi connectivity index (χ1v) is 23.0. The molecule has 0 amide bonds. The lowest BCUT2D eigenvalue weighted by molar-refractivity contribution is -0.350. The maximum absolute atomic E-state index is 11.7. The summed E-state index contributed by atoms with van der Waals surface area (Å²) in [4.78, 5) is 11.7. The van der Waals surface area contributed by atoms with Crippen molar-refractivity contribution < 1.29 is 63.5 Å². The molecule has 0 aromatic carbocycles. The van der Waals surface area contributed by atoms with Gasteiger partial charge in [0.1, 0.15) is 24.4 Å². The highest BCUT2D eigenvalue weighted by atomic mass is 32.2. The molecule has 8 saturated heterocycles. The Morgan fingerprint density at radius 1 is 1.00 bits per heavy atom. The summed E-state index contributed by atoms with van der Waals surface area (Å²) in [5, 5.41) is 54.3. The topological polar surface area (TPSA) is 183 Å². The van der Waals surface area contributed by atoms with Crippen LogP contribution in [0.1, 0.15) is 125 Å². The number of hydrogen-bond donors (Lipinski definition) is 5. The zero-order valence-electron chi connectivity index (χ0n) is 35.0.